The van der Waals surface area contributed by atoms with E-state index in [1.54, 1.807) is 19.2 Å². The Morgan fingerprint density at radius 2 is 1.82 bits per heavy atom. The molecule has 4 heteroatoms. The Kier molecular flexibility index (Phi) is 5.55. The number of aryl methyl sites for hydroxylation is 2. The van der Waals surface area contributed by atoms with Crippen LogP contribution in [-0.2, 0) is 4.74 Å². The Morgan fingerprint density at radius 3 is 2.55 bits per heavy atom. The molecule has 0 spiro atoms. The van der Waals surface area contributed by atoms with Crippen molar-refractivity contribution in [2.24, 2.45) is 0 Å². The SMILES string of the molecule is COCCOc1ccccc1C(=O)Nc1ccc(C)c(C)c1. The molecule has 0 saturated heterocycles. The van der Waals surface area contributed by atoms with Gasteiger partial charge < -0.3 is 14.8 Å². The van der Waals surface area contributed by atoms with Gasteiger partial charge in [-0.15, -0.1) is 0 Å². The lowest BCUT2D eigenvalue weighted by molar-refractivity contribution is 0.101. The summed E-state index contributed by atoms with van der Waals surface area (Å²) >= 11 is 0. The highest BCUT2D eigenvalue weighted by Crippen LogP contribution is 2.21. The topological polar surface area (TPSA) is 47.6 Å². The van der Waals surface area contributed by atoms with Crippen molar-refractivity contribution in [1.82, 2.24) is 0 Å². The van der Waals surface area contributed by atoms with Crippen LogP contribution in [0.4, 0.5) is 5.69 Å². The number of anilines is 1. The molecule has 116 valence electrons. The van der Waals surface area contributed by atoms with Crippen molar-refractivity contribution in [2.75, 3.05) is 25.6 Å². The summed E-state index contributed by atoms with van der Waals surface area (Å²) < 4.78 is 10.6. The van der Waals surface area contributed by atoms with Crippen molar-refractivity contribution in [2.45, 2.75) is 13.8 Å². The van der Waals surface area contributed by atoms with Gasteiger partial charge >= 0.3 is 0 Å². The molecule has 0 heterocycles. The lowest BCUT2D eigenvalue weighted by Crippen LogP contribution is -2.15. The maximum atomic E-state index is 12.4. The summed E-state index contributed by atoms with van der Waals surface area (Å²) in [5.74, 6) is 0.372. The Hall–Kier alpha value is -2.33. The third-order valence-electron chi connectivity index (χ3n) is 3.44. The predicted molar refractivity (Wildman–Crippen MR) is 87.7 cm³/mol. The van der Waals surface area contributed by atoms with Crippen molar-refractivity contribution in [3.8, 4) is 5.75 Å². The van der Waals surface area contributed by atoms with Crippen molar-refractivity contribution < 1.29 is 14.3 Å². The average Bonchev–Trinajstić information content (AvgIpc) is 2.51. The molecule has 2 aromatic carbocycles. The van der Waals surface area contributed by atoms with Gasteiger partial charge in [-0.1, -0.05) is 18.2 Å². The molecule has 2 rings (SSSR count). The normalized spacial score (nSPS) is 10.3. The van der Waals surface area contributed by atoms with Crippen LogP contribution in [0.2, 0.25) is 0 Å². The van der Waals surface area contributed by atoms with Gasteiger partial charge in [-0.25, -0.2) is 0 Å². The predicted octanol–water partition coefficient (Wildman–Crippen LogP) is 3.58. The van der Waals surface area contributed by atoms with Gasteiger partial charge in [0.2, 0.25) is 0 Å². The quantitative estimate of drug-likeness (QED) is 0.829. The van der Waals surface area contributed by atoms with E-state index >= 15 is 0 Å². The summed E-state index contributed by atoms with van der Waals surface area (Å²) in [5.41, 5.74) is 3.63. The number of amides is 1. The van der Waals surface area contributed by atoms with Gasteiger partial charge in [0.15, 0.2) is 0 Å². The van der Waals surface area contributed by atoms with E-state index < -0.39 is 0 Å². The minimum atomic E-state index is -0.184. The maximum absolute atomic E-state index is 12.4. The Balaban J connectivity index is 2.13. The number of hydrogen-bond acceptors (Lipinski definition) is 3. The number of rotatable bonds is 6. The van der Waals surface area contributed by atoms with E-state index in [-0.39, 0.29) is 5.91 Å². The van der Waals surface area contributed by atoms with Gasteiger partial charge in [0.05, 0.1) is 12.2 Å². The van der Waals surface area contributed by atoms with E-state index in [1.165, 1.54) is 5.56 Å². The fourth-order valence-electron chi connectivity index (χ4n) is 2.03. The molecule has 0 radical (unpaired) electrons. The summed E-state index contributed by atoms with van der Waals surface area (Å²) in [6, 6.07) is 13.0. The molecule has 0 bridgehead atoms. The van der Waals surface area contributed by atoms with E-state index in [2.05, 4.69) is 5.32 Å². The van der Waals surface area contributed by atoms with E-state index in [4.69, 9.17) is 9.47 Å². The fraction of sp³-hybridized carbons (Fsp3) is 0.278. The van der Waals surface area contributed by atoms with Gasteiger partial charge in [-0.05, 0) is 49.2 Å². The van der Waals surface area contributed by atoms with E-state index in [1.807, 2.05) is 44.2 Å². The van der Waals surface area contributed by atoms with Crippen molar-refractivity contribution >= 4 is 11.6 Å². The van der Waals surface area contributed by atoms with E-state index in [0.29, 0.717) is 24.5 Å². The van der Waals surface area contributed by atoms with Gasteiger partial charge in [0.25, 0.3) is 5.91 Å². The first-order valence-corrected chi connectivity index (χ1v) is 7.21. The largest absolute Gasteiger partial charge is 0.490 e. The summed E-state index contributed by atoms with van der Waals surface area (Å²) in [6.07, 6.45) is 0. The molecule has 0 aromatic heterocycles. The number of hydrogen-bond donors (Lipinski definition) is 1. The zero-order valence-electron chi connectivity index (χ0n) is 13.2. The van der Waals surface area contributed by atoms with Crippen molar-refractivity contribution in [3.63, 3.8) is 0 Å². The summed E-state index contributed by atoms with van der Waals surface area (Å²) in [4.78, 5) is 12.4. The molecule has 1 N–H and O–H groups in total. The highest BCUT2D eigenvalue weighted by atomic mass is 16.5. The molecule has 1 amide bonds. The molecule has 0 saturated carbocycles. The monoisotopic (exact) mass is 299 g/mol. The van der Waals surface area contributed by atoms with Crippen LogP contribution in [0, 0.1) is 13.8 Å². The Morgan fingerprint density at radius 1 is 1.05 bits per heavy atom. The second-order valence-electron chi connectivity index (χ2n) is 5.09. The summed E-state index contributed by atoms with van der Waals surface area (Å²) in [5, 5.41) is 2.91. The minimum absolute atomic E-state index is 0.184. The summed E-state index contributed by atoms with van der Waals surface area (Å²) in [7, 11) is 1.61. The number of para-hydroxylation sites is 1. The Labute approximate surface area is 131 Å². The lowest BCUT2D eigenvalue weighted by atomic mass is 10.1. The molecule has 22 heavy (non-hydrogen) atoms. The highest BCUT2D eigenvalue weighted by Gasteiger charge is 2.12. The average molecular weight is 299 g/mol. The molecule has 0 unspecified atom stereocenters. The van der Waals surface area contributed by atoms with Crippen LogP contribution >= 0.6 is 0 Å². The first kappa shape index (κ1) is 16.0. The van der Waals surface area contributed by atoms with Crippen LogP contribution in [0.15, 0.2) is 42.5 Å². The number of carbonyl (C=O) groups is 1. The lowest BCUT2D eigenvalue weighted by Gasteiger charge is -2.12. The van der Waals surface area contributed by atoms with Crippen LogP contribution in [0.5, 0.6) is 5.75 Å². The zero-order chi connectivity index (χ0) is 15.9. The van der Waals surface area contributed by atoms with Crippen LogP contribution in [0.25, 0.3) is 0 Å². The number of benzene rings is 2. The number of ether oxygens (including phenoxy) is 2. The summed E-state index contributed by atoms with van der Waals surface area (Å²) in [6.45, 7) is 4.95. The zero-order valence-corrected chi connectivity index (χ0v) is 13.2. The molecule has 0 aliphatic rings. The molecule has 2 aromatic rings. The van der Waals surface area contributed by atoms with Crippen LogP contribution in [0.3, 0.4) is 0 Å². The second-order valence-corrected chi connectivity index (χ2v) is 5.09. The van der Waals surface area contributed by atoms with Crippen molar-refractivity contribution in [3.05, 3.63) is 59.2 Å². The third-order valence-corrected chi connectivity index (χ3v) is 3.44. The number of nitrogens with one attached hydrogen (secondary N) is 1. The highest BCUT2D eigenvalue weighted by molar-refractivity contribution is 6.06. The minimum Gasteiger partial charge on any atom is -0.490 e. The fourth-order valence-corrected chi connectivity index (χ4v) is 2.03. The molecule has 0 fully saturated rings. The first-order valence-electron chi connectivity index (χ1n) is 7.21. The second kappa shape index (κ2) is 7.61. The molecular weight excluding hydrogens is 278 g/mol. The smallest absolute Gasteiger partial charge is 0.259 e. The Bertz CT molecular complexity index is 653. The first-order chi connectivity index (χ1) is 10.6. The number of carbonyl (C=O) groups excluding carboxylic acids is 1. The van der Waals surface area contributed by atoms with Gasteiger partial charge in [0.1, 0.15) is 12.4 Å². The molecule has 0 atom stereocenters. The van der Waals surface area contributed by atoms with Crippen LogP contribution in [0.1, 0.15) is 21.5 Å². The van der Waals surface area contributed by atoms with Gasteiger partial charge in [-0.2, -0.15) is 0 Å². The third kappa shape index (κ3) is 4.09. The number of methoxy groups -OCH3 is 1. The van der Waals surface area contributed by atoms with Crippen LogP contribution < -0.4 is 10.1 Å². The van der Waals surface area contributed by atoms with E-state index in [9.17, 15) is 4.79 Å². The van der Waals surface area contributed by atoms with Gasteiger partial charge in [-0.3, -0.25) is 4.79 Å². The molecule has 0 aliphatic heterocycles. The van der Waals surface area contributed by atoms with Crippen molar-refractivity contribution in [1.29, 1.82) is 0 Å². The van der Waals surface area contributed by atoms with Crippen LogP contribution in [-0.4, -0.2) is 26.2 Å². The van der Waals surface area contributed by atoms with E-state index in [0.717, 1.165) is 11.3 Å². The molecule has 4 nitrogen and oxygen atoms in total. The van der Waals surface area contributed by atoms with Gasteiger partial charge in [0, 0.05) is 12.8 Å². The standard InChI is InChI=1S/C18H21NO3/c1-13-8-9-15(12-14(13)2)19-18(20)16-6-4-5-7-17(16)22-11-10-21-3/h4-9,12H,10-11H2,1-3H3,(H,19,20). The molecular formula is C18H21NO3. The maximum Gasteiger partial charge on any atom is 0.259 e. The molecule has 0 aliphatic carbocycles.